The van der Waals surface area contributed by atoms with Gasteiger partial charge in [-0.05, 0) is 29.7 Å². The molecule has 0 saturated carbocycles. The van der Waals surface area contributed by atoms with Crippen LogP contribution in [-0.4, -0.2) is 17.0 Å². The molecule has 0 bridgehead atoms. The van der Waals surface area contributed by atoms with Crippen LogP contribution in [0.4, 0.5) is 5.69 Å². The molecule has 0 aliphatic rings. The van der Waals surface area contributed by atoms with Crippen LogP contribution in [0.25, 0.3) is 0 Å². The van der Waals surface area contributed by atoms with Crippen molar-refractivity contribution < 1.29 is 14.7 Å². The fourth-order valence-corrected chi connectivity index (χ4v) is 1.43. The van der Waals surface area contributed by atoms with Gasteiger partial charge in [-0.3, -0.25) is 4.79 Å². The molecule has 0 fully saturated rings. The van der Waals surface area contributed by atoms with Gasteiger partial charge in [-0.25, -0.2) is 4.79 Å². The summed E-state index contributed by atoms with van der Waals surface area (Å²) in [6.45, 7) is 5.71. The fourth-order valence-electron chi connectivity index (χ4n) is 1.43. The zero-order valence-electron chi connectivity index (χ0n) is 10.3. The van der Waals surface area contributed by atoms with Crippen LogP contribution >= 0.6 is 0 Å². The highest BCUT2D eigenvalue weighted by Gasteiger charge is 2.10. The maximum absolute atomic E-state index is 11.3. The van der Waals surface area contributed by atoms with Gasteiger partial charge >= 0.3 is 5.97 Å². The van der Waals surface area contributed by atoms with Crippen molar-refractivity contribution in [2.45, 2.75) is 33.1 Å². The third-order valence-electron chi connectivity index (χ3n) is 2.47. The molecule has 0 unspecified atom stereocenters. The molecule has 0 heterocycles. The number of anilines is 1. The normalized spacial score (nSPS) is 10.4. The first-order valence-electron chi connectivity index (χ1n) is 5.62. The minimum absolute atomic E-state index is 0.123. The standard InChI is InChI=1S/C13H17NO3/c1-4-12(15)14-11-6-9(8(2)3)5-10(7-11)13(16)17/h5-8H,4H2,1-3H3,(H,14,15)(H,16,17). The summed E-state index contributed by atoms with van der Waals surface area (Å²) in [7, 11) is 0. The largest absolute Gasteiger partial charge is 0.478 e. The van der Waals surface area contributed by atoms with E-state index in [0.29, 0.717) is 12.1 Å². The summed E-state index contributed by atoms with van der Waals surface area (Å²) >= 11 is 0. The molecule has 1 rings (SSSR count). The molecule has 4 nitrogen and oxygen atoms in total. The summed E-state index contributed by atoms with van der Waals surface area (Å²) in [6.07, 6.45) is 0.369. The van der Waals surface area contributed by atoms with Crippen LogP contribution in [0.2, 0.25) is 0 Å². The van der Waals surface area contributed by atoms with E-state index in [0.717, 1.165) is 5.56 Å². The first kappa shape index (κ1) is 13.2. The van der Waals surface area contributed by atoms with Crippen LogP contribution in [0.5, 0.6) is 0 Å². The molecule has 17 heavy (non-hydrogen) atoms. The lowest BCUT2D eigenvalue weighted by Crippen LogP contribution is -2.11. The second-order valence-corrected chi connectivity index (χ2v) is 4.21. The van der Waals surface area contributed by atoms with Gasteiger partial charge in [0, 0.05) is 12.1 Å². The number of amides is 1. The van der Waals surface area contributed by atoms with Crippen molar-refractivity contribution in [1.82, 2.24) is 0 Å². The molecule has 1 amide bonds. The van der Waals surface area contributed by atoms with Gasteiger partial charge < -0.3 is 10.4 Å². The number of hydrogen-bond donors (Lipinski definition) is 2. The van der Waals surface area contributed by atoms with Crippen LogP contribution in [0.15, 0.2) is 18.2 Å². The van der Waals surface area contributed by atoms with E-state index in [9.17, 15) is 9.59 Å². The molecule has 92 valence electrons. The topological polar surface area (TPSA) is 66.4 Å². The zero-order valence-corrected chi connectivity index (χ0v) is 10.3. The highest BCUT2D eigenvalue weighted by molar-refractivity contribution is 5.94. The van der Waals surface area contributed by atoms with Gasteiger partial charge in [0.05, 0.1) is 5.56 Å². The number of rotatable bonds is 4. The Morgan fingerprint density at radius 2 is 1.94 bits per heavy atom. The number of carboxylic acids is 1. The highest BCUT2D eigenvalue weighted by atomic mass is 16.4. The van der Waals surface area contributed by atoms with Crippen molar-refractivity contribution in [1.29, 1.82) is 0 Å². The van der Waals surface area contributed by atoms with Crippen LogP contribution in [0.1, 0.15) is 49.0 Å². The maximum atomic E-state index is 11.3. The van der Waals surface area contributed by atoms with E-state index in [1.165, 1.54) is 6.07 Å². The third kappa shape index (κ3) is 3.59. The average Bonchev–Trinajstić information content (AvgIpc) is 2.28. The summed E-state index contributed by atoms with van der Waals surface area (Å²) in [5.41, 5.74) is 1.64. The number of aromatic carboxylic acids is 1. The molecule has 0 aliphatic carbocycles. The van der Waals surface area contributed by atoms with E-state index < -0.39 is 5.97 Å². The van der Waals surface area contributed by atoms with Gasteiger partial charge in [0.2, 0.25) is 5.91 Å². The molecule has 4 heteroatoms. The number of carboxylic acid groups (broad SMARTS) is 1. The van der Waals surface area contributed by atoms with Crippen molar-refractivity contribution >= 4 is 17.6 Å². The smallest absolute Gasteiger partial charge is 0.335 e. The van der Waals surface area contributed by atoms with E-state index in [-0.39, 0.29) is 17.4 Å². The molecule has 0 aromatic heterocycles. The lowest BCUT2D eigenvalue weighted by Gasteiger charge is -2.11. The van der Waals surface area contributed by atoms with Crippen molar-refractivity contribution in [3.05, 3.63) is 29.3 Å². The van der Waals surface area contributed by atoms with Crippen LogP contribution in [0, 0.1) is 0 Å². The number of hydrogen-bond acceptors (Lipinski definition) is 2. The van der Waals surface area contributed by atoms with Gasteiger partial charge in [0.1, 0.15) is 0 Å². The third-order valence-corrected chi connectivity index (χ3v) is 2.47. The summed E-state index contributed by atoms with van der Waals surface area (Å²) < 4.78 is 0. The summed E-state index contributed by atoms with van der Waals surface area (Å²) in [4.78, 5) is 22.3. The predicted octanol–water partition coefficient (Wildman–Crippen LogP) is 2.86. The molecule has 0 spiro atoms. The quantitative estimate of drug-likeness (QED) is 0.843. The molecule has 2 N–H and O–H groups in total. The molecular formula is C13H17NO3. The van der Waals surface area contributed by atoms with Crippen molar-refractivity contribution in [2.24, 2.45) is 0 Å². The van der Waals surface area contributed by atoms with Crippen molar-refractivity contribution in [3.63, 3.8) is 0 Å². The second-order valence-electron chi connectivity index (χ2n) is 4.21. The highest BCUT2D eigenvalue weighted by Crippen LogP contribution is 2.21. The van der Waals surface area contributed by atoms with Gasteiger partial charge in [-0.15, -0.1) is 0 Å². The van der Waals surface area contributed by atoms with Gasteiger partial charge in [0.15, 0.2) is 0 Å². The van der Waals surface area contributed by atoms with E-state index >= 15 is 0 Å². The van der Waals surface area contributed by atoms with Gasteiger partial charge in [0.25, 0.3) is 0 Å². The molecule has 0 radical (unpaired) electrons. The Kier molecular flexibility index (Phi) is 4.26. The Labute approximate surface area is 101 Å². The fraction of sp³-hybridized carbons (Fsp3) is 0.385. The molecule has 0 aliphatic heterocycles. The minimum Gasteiger partial charge on any atom is -0.478 e. The van der Waals surface area contributed by atoms with E-state index in [1.807, 2.05) is 19.9 Å². The SMILES string of the molecule is CCC(=O)Nc1cc(C(=O)O)cc(C(C)C)c1. The van der Waals surface area contributed by atoms with Crippen molar-refractivity contribution in [3.8, 4) is 0 Å². The lowest BCUT2D eigenvalue weighted by atomic mass is 10.00. The lowest BCUT2D eigenvalue weighted by molar-refractivity contribution is -0.115. The Bertz CT molecular complexity index is 438. The van der Waals surface area contributed by atoms with Crippen LogP contribution < -0.4 is 5.32 Å². The Morgan fingerprint density at radius 3 is 2.41 bits per heavy atom. The van der Waals surface area contributed by atoms with Crippen LogP contribution in [-0.2, 0) is 4.79 Å². The number of nitrogens with one attached hydrogen (secondary N) is 1. The van der Waals surface area contributed by atoms with E-state index in [2.05, 4.69) is 5.32 Å². The summed E-state index contributed by atoms with van der Waals surface area (Å²) in [5.74, 6) is -0.895. The first-order valence-corrected chi connectivity index (χ1v) is 5.62. The maximum Gasteiger partial charge on any atom is 0.335 e. The number of carbonyl (C=O) groups is 2. The molecule has 0 saturated heterocycles. The minimum atomic E-state index is -0.987. The van der Waals surface area contributed by atoms with Crippen molar-refractivity contribution in [2.75, 3.05) is 5.32 Å². The summed E-state index contributed by atoms with van der Waals surface area (Å²) in [5, 5.41) is 11.7. The Hall–Kier alpha value is -1.84. The van der Waals surface area contributed by atoms with Gasteiger partial charge in [-0.2, -0.15) is 0 Å². The van der Waals surface area contributed by atoms with E-state index in [1.54, 1.807) is 13.0 Å². The Morgan fingerprint density at radius 1 is 1.29 bits per heavy atom. The number of carbonyl (C=O) groups excluding carboxylic acids is 1. The zero-order chi connectivity index (χ0) is 13.0. The number of benzene rings is 1. The molecule has 0 atom stereocenters. The van der Waals surface area contributed by atoms with Crippen LogP contribution in [0.3, 0.4) is 0 Å². The predicted molar refractivity (Wildman–Crippen MR) is 66.4 cm³/mol. The first-order chi connectivity index (χ1) is 7.93. The molecular weight excluding hydrogens is 218 g/mol. The van der Waals surface area contributed by atoms with E-state index in [4.69, 9.17) is 5.11 Å². The molecule has 1 aromatic rings. The molecule has 1 aromatic carbocycles. The summed E-state index contributed by atoms with van der Waals surface area (Å²) in [6, 6.07) is 4.92. The van der Waals surface area contributed by atoms with Gasteiger partial charge in [-0.1, -0.05) is 20.8 Å². The monoisotopic (exact) mass is 235 g/mol. The second kappa shape index (κ2) is 5.48. The Balaban J connectivity index is 3.12. The average molecular weight is 235 g/mol.